The first-order valence-electron chi connectivity index (χ1n) is 3.58. The van der Waals surface area contributed by atoms with E-state index >= 15 is 0 Å². The van der Waals surface area contributed by atoms with Crippen molar-refractivity contribution in [1.29, 1.82) is 0 Å². The van der Waals surface area contributed by atoms with Gasteiger partial charge in [-0.05, 0) is 12.1 Å². The topological polar surface area (TPSA) is 120 Å². The number of sulfonamides is 2. The molecule has 0 spiro atoms. The van der Waals surface area contributed by atoms with E-state index in [1.807, 2.05) is 0 Å². The molecule has 0 aliphatic rings. The van der Waals surface area contributed by atoms with Gasteiger partial charge in [0.1, 0.15) is 4.90 Å². The molecule has 6 nitrogen and oxygen atoms in total. The van der Waals surface area contributed by atoms with Crippen LogP contribution < -0.4 is 10.3 Å². The molecule has 11 heteroatoms. The van der Waals surface area contributed by atoms with E-state index in [4.69, 9.17) is 33.5 Å². The Bertz CT molecular complexity index is 644. The molecule has 4 N–H and O–H groups in total. The van der Waals surface area contributed by atoms with Crippen LogP contribution in [0.1, 0.15) is 0 Å². The van der Waals surface area contributed by atoms with Crippen molar-refractivity contribution in [3.05, 3.63) is 22.2 Å². The maximum absolute atomic E-state index is 11.1. The summed E-state index contributed by atoms with van der Waals surface area (Å²) in [6.45, 7) is 0. The van der Waals surface area contributed by atoms with Crippen molar-refractivity contribution >= 4 is 94.6 Å². The quantitative estimate of drug-likeness (QED) is 0.711. The zero-order valence-corrected chi connectivity index (χ0v) is 10.7. The van der Waals surface area contributed by atoms with Crippen LogP contribution in [0.2, 0.25) is 10.0 Å². The number of hydrogen-bond donors (Lipinski definition) is 2. The Morgan fingerprint density at radius 2 is 1.41 bits per heavy atom. The Morgan fingerprint density at radius 1 is 0.941 bits per heavy atom. The average Bonchev–Trinajstić information content (AvgIpc) is 2.05. The normalized spacial score (nSPS) is 12.0. The zero-order valence-electron chi connectivity index (χ0n) is 7.51. The molecule has 0 atom stereocenters. The summed E-state index contributed by atoms with van der Waals surface area (Å²) in [7, 11) is -8.26. The van der Waals surface area contributed by atoms with Crippen LogP contribution in [0.15, 0.2) is 21.9 Å². The van der Waals surface area contributed by atoms with Gasteiger partial charge < -0.3 is 0 Å². The summed E-state index contributed by atoms with van der Waals surface area (Å²) in [6.07, 6.45) is 0. The van der Waals surface area contributed by atoms with Crippen LogP contribution in [-0.4, -0.2) is 68.2 Å². The predicted octanol–water partition coefficient (Wildman–Crippen LogP) is -0.360. The van der Waals surface area contributed by atoms with Gasteiger partial charge >= 0.3 is 51.4 Å². The predicted molar refractivity (Wildman–Crippen MR) is 66.4 cm³/mol. The monoisotopic (exact) mass is 344 g/mol. The van der Waals surface area contributed by atoms with E-state index in [9.17, 15) is 16.8 Å². The fraction of sp³-hybridized carbons (Fsp3) is 0. The van der Waals surface area contributed by atoms with Crippen molar-refractivity contribution in [2.24, 2.45) is 10.3 Å². The van der Waals surface area contributed by atoms with E-state index in [-0.39, 0.29) is 61.4 Å². The molecule has 0 bridgehead atoms. The van der Waals surface area contributed by atoms with Gasteiger partial charge in [0.05, 0.1) is 14.9 Å². The zero-order chi connectivity index (χ0) is 12.7. The molecule has 1 aromatic rings. The Kier molecular flexibility index (Phi) is 6.59. The van der Waals surface area contributed by atoms with E-state index in [1.165, 1.54) is 0 Å². The number of primary sulfonamides is 2. The summed E-state index contributed by atoms with van der Waals surface area (Å²) in [4.78, 5) is -1.07. The fourth-order valence-corrected chi connectivity index (χ4v) is 2.97. The maximum atomic E-state index is 11.1. The Morgan fingerprint density at radius 3 is 1.76 bits per heavy atom. The third-order valence-corrected chi connectivity index (χ3v) is 4.35. The van der Waals surface area contributed by atoms with Gasteiger partial charge in [-0.1, -0.05) is 23.2 Å². The number of halogens is 2. The van der Waals surface area contributed by atoms with Crippen molar-refractivity contribution in [2.45, 2.75) is 9.79 Å². The van der Waals surface area contributed by atoms with Gasteiger partial charge in [-0.3, -0.25) is 0 Å². The summed E-state index contributed by atoms with van der Waals surface area (Å²) in [5.41, 5.74) is 0. The van der Waals surface area contributed by atoms with Gasteiger partial charge in [0, 0.05) is 0 Å². The van der Waals surface area contributed by atoms with Crippen molar-refractivity contribution in [3.8, 4) is 0 Å². The van der Waals surface area contributed by atoms with Crippen LogP contribution >= 0.6 is 23.2 Å². The van der Waals surface area contributed by atoms with Gasteiger partial charge in [-0.25, -0.2) is 27.1 Å². The van der Waals surface area contributed by atoms with Gasteiger partial charge in [0.2, 0.25) is 20.0 Å². The number of hydrogen-bond acceptors (Lipinski definition) is 4. The van der Waals surface area contributed by atoms with Crippen LogP contribution in [-0.2, 0) is 20.0 Å². The average molecular weight is 345 g/mol. The molecule has 0 saturated carbocycles. The van der Waals surface area contributed by atoms with Crippen LogP contribution in [0, 0.1) is 0 Å². The second kappa shape index (κ2) is 6.14. The molecule has 0 aliphatic heterocycles. The molecule has 17 heavy (non-hydrogen) atoms. The van der Waals surface area contributed by atoms with Crippen LogP contribution in [0.25, 0.3) is 0 Å². The summed E-state index contributed by atoms with van der Waals surface area (Å²) < 4.78 is 44.2. The summed E-state index contributed by atoms with van der Waals surface area (Å²) in [5, 5.41) is 9.04. The van der Waals surface area contributed by atoms with Crippen molar-refractivity contribution in [1.82, 2.24) is 0 Å². The molecule has 0 saturated heterocycles. The van der Waals surface area contributed by atoms with Gasteiger partial charge in [-0.15, -0.1) is 0 Å². The molecule has 1 aromatic carbocycles. The minimum absolute atomic E-state index is 0. The second-order valence-electron chi connectivity index (χ2n) is 2.81. The van der Waals surface area contributed by atoms with Crippen LogP contribution in [0.5, 0.6) is 0 Å². The molecular weight excluding hydrogens is 338 g/mol. The molecule has 0 amide bonds. The molecule has 0 radical (unpaired) electrons. The summed E-state index contributed by atoms with van der Waals surface area (Å²) in [5.74, 6) is 0. The van der Waals surface area contributed by atoms with E-state index in [1.54, 1.807) is 0 Å². The van der Waals surface area contributed by atoms with E-state index < -0.39 is 29.8 Å². The number of nitrogens with two attached hydrogens (primary N) is 2. The Hall–Kier alpha value is 1.26. The molecule has 0 aromatic heterocycles. The molecule has 92 valence electrons. The van der Waals surface area contributed by atoms with Crippen molar-refractivity contribution < 1.29 is 16.8 Å². The van der Waals surface area contributed by atoms with E-state index in [0.29, 0.717) is 0 Å². The van der Waals surface area contributed by atoms with Crippen molar-refractivity contribution in [2.75, 3.05) is 0 Å². The van der Waals surface area contributed by atoms with E-state index in [0.717, 1.165) is 12.1 Å². The fourth-order valence-electron chi connectivity index (χ4n) is 0.911. The molecule has 0 unspecified atom stereocenters. The number of benzene rings is 1. The van der Waals surface area contributed by atoms with Gasteiger partial charge in [0.25, 0.3) is 0 Å². The van der Waals surface area contributed by atoms with Crippen LogP contribution in [0.3, 0.4) is 0 Å². The van der Waals surface area contributed by atoms with Gasteiger partial charge in [-0.2, -0.15) is 0 Å². The van der Waals surface area contributed by atoms with E-state index in [2.05, 4.69) is 0 Å². The van der Waals surface area contributed by atoms with Gasteiger partial charge in [0.15, 0.2) is 0 Å². The first-order valence-corrected chi connectivity index (χ1v) is 7.43. The molecule has 0 fully saturated rings. The first-order chi connectivity index (χ1) is 7.03. The minimum atomic E-state index is -4.18. The SMILES string of the molecule is NS(=O)(=O)c1cc(Cl)c(Cl)c(S(N)(=O)=O)c1.[KH]. The molecule has 0 heterocycles. The van der Waals surface area contributed by atoms with Crippen molar-refractivity contribution in [3.63, 3.8) is 0 Å². The molecule has 1 rings (SSSR count). The van der Waals surface area contributed by atoms with Crippen LogP contribution in [0.4, 0.5) is 0 Å². The Labute approximate surface area is 151 Å². The summed E-state index contributed by atoms with van der Waals surface area (Å²) >= 11 is 11.1. The first kappa shape index (κ1) is 18.3. The second-order valence-corrected chi connectivity index (χ2v) is 6.68. The third kappa shape index (κ3) is 4.69. The molecule has 0 aliphatic carbocycles. The molecular formula is C6H7Cl2KN2O4S2. The summed E-state index contributed by atoms with van der Waals surface area (Å²) in [6, 6.07) is 1.69. The Balaban J connectivity index is 0.00000256. The standard InChI is InChI=1S/C6H6Cl2N2O4S2.K.H/c7-4-1-3(15(9,11)12)2-5(6(4)8)16(10,13)14;;/h1-2H,(H2,9,11,12)(H2,10,13,14);;. The third-order valence-electron chi connectivity index (χ3n) is 1.60. The number of rotatable bonds is 2.